The van der Waals surface area contributed by atoms with Gasteiger partial charge in [-0.05, 0) is 26.2 Å². The monoisotopic (exact) mass is 128 g/mol. The van der Waals surface area contributed by atoms with E-state index in [1.807, 2.05) is 26.8 Å². The third-order valence-electron chi connectivity index (χ3n) is 1.73. The predicted molar refractivity (Wildman–Crippen MR) is 40.3 cm³/mol. The molecule has 0 aromatic rings. The Morgan fingerprint density at radius 1 is 1.67 bits per heavy atom. The van der Waals surface area contributed by atoms with Crippen molar-refractivity contribution >= 4 is 0 Å². The minimum Gasteiger partial charge on any atom is -0.390 e. The second-order valence-corrected chi connectivity index (χ2v) is 3.08. The van der Waals surface area contributed by atoms with E-state index in [-0.39, 0.29) is 0 Å². The van der Waals surface area contributed by atoms with Crippen LogP contribution < -0.4 is 0 Å². The van der Waals surface area contributed by atoms with Gasteiger partial charge in [-0.1, -0.05) is 13.0 Å². The molecule has 0 aliphatic heterocycles. The van der Waals surface area contributed by atoms with Gasteiger partial charge in [-0.15, -0.1) is 6.58 Å². The van der Waals surface area contributed by atoms with Crippen molar-refractivity contribution in [1.29, 1.82) is 0 Å². The molecule has 1 N–H and O–H groups in total. The average Bonchev–Trinajstić information content (AvgIpc) is 1.64. The lowest BCUT2D eigenvalue weighted by Gasteiger charge is -2.24. The van der Waals surface area contributed by atoms with Crippen molar-refractivity contribution in [3.05, 3.63) is 12.7 Å². The second-order valence-electron chi connectivity index (χ2n) is 3.08. The van der Waals surface area contributed by atoms with Crippen LogP contribution in [0.25, 0.3) is 0 Å². The lowest BCUT2D eigenvalue weighted by Crippen LogP contribution is -2.27. The first-order valence-electron chi connectivity index (χ1n) is 3.31. The maximum absolute atomic E-state index is 9.37. The number of hydrogen-bond acceptors (Lipinski definition) is 1. The van der Waals surface area contributed by atoms with E-state index in [9.17, 15) is 5.11 Å². The fourth-order valence-corrected chi connectivity index (χ4v) is 0.538. The molecule has 9 heavy (non-hydrogen) atoms. The van der Waals surface area contributed by atoms with Crippen molar-refractivity contribution in [3.63, 3.8) is 0 Å². The molecule has 0 aliphatic carbocycles. The molecule has 0 spiro atoms. The molecule has 0 saturated heterocycles. The van der Waals surface area contributed by atoms with Crippen LogP contribution >= 0.6 is 0 Å². The fourth-order valence-electron chi connectivity index (χ4n) is 0.538. The molecule has 0 heterocycles. The van der Waals surface area contributed by atoms with Crippen LogP contribution in [0.2, 0.25) is 0 Å². The molecule has 0 radical (unpaired) electrons. The Bertz CT molecular complexity index is 89.2. The molecule has 0 aromatic carbocycles. The Morgan fingerprint density at radius 3 is 2.22 bits per heavy atom. The lowest BCUT2D eigenvalue weighted by atomic mass is 9.90. The highest BCUT2D eigenvalue weighted by atomic mass is 16.3. The van der Waals surface area contributed by atoms with Crippen molar-refractivity contribution in [2.24, 2.45) is 5.92 Å². The van der Waals surface area contributed by atoms with Crippen molar-refractivity contribution in [2.75, 3.05) is 0 Å². The average molecular weight is 128 g/mol. The first-order valence-corrected chi connectivity index (χ1v) is 3.31. The predicted octanol–water partition coefficient (Wildman–Crippen LogP) is 1.97. The number of hydrogen-bond donors (Lipinski definition) is 1. The SMILES string of the molecule is C=CC[C@@H](C)C(C)(C)O. The van der Waals surface area contributed by atoms with Gasteiger partial charge in [0.1, 0.15) is 0 Å². The fraction of sp³-hybridized carbons (Fsp3) is 0.750. The molecular weight excluding hydrogens is 112 g/mol. The summed E-state index contributed by atoms with van der Waals surface area (Å²) < 4.78 is 0. The van der Waals surface area contributed by atoms with E-state index in [1.54, 1.807) is 0 Å². The van der Waals surface area contributed by atoms with Crippen LogP contribution in [-0.4, -0.2) is 10.7 Å². The van der Waals surface area contributed by atoms with Crippen LogP contribution in [0.1, 0.15) is 27.2 Å². The zero-order chi connectivity index (χ0) is 7.49. The van der Waals surface area contributed by atoms with Crippen LogP contribution in [0.4, 0.5) is 0 Å². The molecule has 0 saturated carbocycles. The van der Waals surface area contributed by atoms with Gasteiger partial charge in [0.25, 0.3) is 0 Å². The van der Waals surface area contributed by atoms with Crippen LogP contribution in [0.5, 0.6) is 0 Å². The van der Waals surface area contributed by atoms with Crippen molar-refractivity contribution in [2.45, 2.75) is 32.8 Å². The second kappa shape index (κ2) is 3.02. The first kappa shape index (κ1) is 8.70. The summed E-state index contributed by atoms with van der Waals surface area (Å²) in [6.07, 6.45) is 2.71. The van der Waals surface area contributed by atoms with E-state index < -0.39 is 5.60 Å². The van der Waals surface area contributed by atoms with Crippen LogP contribution in [-0.2, 0) is 0 Å². The van der Waals surface area contributed by atoms with Crippen molar-refractivity contribution in [1.82, 2.24) is 0 Å². The van der Waals surface area contributed by atoms with Gasteiger partial charge in [-0.25, -0.2) is 0 Å². The molecule has 1 heteroatoms. The highest BCUT2D eigenvalue weighted by Gasteiger charge is 2.20. The minimum absolute atomic E-state index is 0.301. The van der Waals surface area contributed by atoms with Crippen LogP contribution in [0, 0.1) is 5.92 Å². The van der Waals surface area contributed by atoms with Gasteiger partial charge in [-0.3, -0.25) is 0 Å². The normalized spacial score (nSPS) is 15.1. The summed E-state index contributed by atoms with van der Waals surface area (Å²) in [6, 6.07) is 0. The van der Waals surface area contributed by atoms with Gasteiger partial charge in [0, 0.05) is 0 Å². The number of rotatable bonds is 3. The maximum Gasteiger partial charge on any atom is 0.0620 e. The number of allylic oxidation sites excluding steroid dienone is 1. The Labute approximate surface area is 57.4 Å². The topological polar surface area (TPSA) is 20.2 Å². The van der Waals surface area contributed by atoms with Crippen molar-refractivity contribution < 1.29 is 5.11 Å². The Balaban J connectivity index is 3.72. The summed E-state index contributed by atoms with van der Waals surface area (Å²) in [5, 5.41) is 9.37. The highest BCUT2D eigenvalue weighted by Crippen LogP contribution is 2.18. The van der Waals surface area contributed by atoms with Gasteiger partial charge in [-0.2, -0.15) is 0 Å². The van der Waals surface area contributed by atoms with Crippen LogP contribution in [0.15, 0.2) is 12.7 Å². The molecule has 1 atom stereocenters. The zero-order valence-electron chi connectivity index (χ0n) is 6.52. The van der Waals surface area contributed by atoms with Crippen molar-refractivity contribution in [3.8, 4) is 0 Å². The third-order valence-corrected chi connectivity index (χ3v) is 1.73. The summed E-state index contributed by atoms with van der Waals surface area (Å²) in [7, 11) is 0. The molecule has 0 bridgehead atoms. The Hall–Kier alpha value is -0.300. The van der Waals surface area contributed by atoms with Gasteiger partial charge in [0.15, 0.2) is 0 Å². The molecule has 0 rings (SSSR count). The maximum atomic E-state index is 9.37. The molecule has 1 nitrogen and oxygen atoms in total. The first-order chi connectivity index (χ1) is 3.98. The Morgan fingerprint density at radius 2 is 2.11 bits per heavy atom. The van der Waals surface area contributed by atoms with E-state index in [0.29, 0.717) is 5.92 Å². The summed E-state index contributed by atoms with van der Waals surface area (Å²) in [4.78, 5) is 0. The smallest absolute Gasteiger partial charge is 0.0620 e. The summed E-state index contributed by atoms with van der Waals surface area (Å²) in [5.41, 5.74) is -0.561. The molecular formula is C8H16O. The Kier molecular flexibility index (Phi) is 2.92. The summed E-state index contributed by atoms with van der Waals surface area (Å²) in [5.74, 6) is 0.301. The van der Waals surface area contributed by atoms with E-state index >= 15 is 0 Å². The molecule has 0 fully saturated rings. The minimum atomic E-state index is -0.561. The molecule has 0 amide bonds. The van der Waals surface area contributed by atoms with E-state index in [0.717, 1.165) is 6.42 Å². The van der Waals surface area contributed by atoms with E-state index in [1.165, 1.54) is 0 Å². The van der Waals surface area contributed by atoms with Crippen LogP contribution in [0.3, 0.4) is 0 Å². The quantitative estimate of drug-likeness (QED) is 0.576. The van der Waals surface area contributed by atoms with E-state index in [4.69, 9.17) is 0 Å². The molecule has 0 unspecified atom stereocenters. The summed E-state index contributed by atoms with van der Waals surface area (Å²) in [6.45, 7) is 9.26. The molecule has 0 aromatic heterocycles. The van der Waals surface area contributed by atoms with Gasteiger partial charge in [0.2, 0.25) is 0 Å². The highest BCUT2D eigenvalue weighted by molar-refractivity contribution is 4.80. The van der Waals surface area contributed by atoms with Gasteiger partial charge in [0.05, 0.1) is 5.60 Å². The zero-order valence-corrected chi connectivity index (χ0v) is 6.52. The van der Waals surface area contributed by atoms with Gasteiger partial charge < -0.3 is 5.11 Å². The van der Waals surface area contributed by atoms with Gasteiger partial charge >= 0.3 is 0 Å². The van der Waals surface area contributed by atoms with E-state index in [2.05, 4.69) is 6.58 Å². The third kappa shape index (κ3) is 3.31. The lowest BCUT2D eigenvalue weighted by molar-refractivity contribution is 0.0262. The standard InChI is InChI=1S/C8H16O/c1-5-6-7(2)8(3,4)9/h5,7,9H,1,6H2,2-4H3/t7-/m1/s1. The summed E-state index contributed by atoms with van der Waals surface area (Å²) >= 11 is 0. The largest absolute Gasteiger partial charge is 0.390 e. The molecule has 0 aliphatic rings. The number of aliphatic hydroxyl groups is 1. The molecule has 54 valence electrons.